The number of rotatable bonds is 5. The van der Waals surface area contributed by atoms with Gasteiger partial charge in [0.15, 0.2) is 0 Å². The predicted octanol–water partition coefficient (Wildman–Crippen LogP) is 3.08. The van der Waals surface area contributed by atoms with Gasteiger partial charge in [-0.05, 0) is 51.0 Å². The van der Waals surface area contributed by atoms with Crippen molar-refractivity contribution < 1.29 is 0 Å². The largest absolute Gasteiger partial charge is 0.314 e. The molecule has 0 aromatic heterocycles. The van der Waals surface area contributed by atoms with Crippen LogP contribution in [0.2, 0.25) is 0 Å². The summed E-state index contributed by atoms with van der Waals surface area (Å²) in [6.45, 7) is 5.87. The summed E-state index contributed by atoms with van der Waals surface area (Å²) in [4.78, 5) is 0. The molecule has 2 rings (SSSR count). The van der Waals surface area contributed by atoms with E-state index in [0.29, 0.717) is 0 Å². The smallest absolute Gasteiger partial charge is 0.0113 e. The Morgan fingerprint density at radius 3 is 2.47 bits per heavy atom. The van der Waals surface area contributed by atoms with Crippen molar-refractivity contribution >= 4 is 0 Å². The molecule has 1 heterocycles. The van der Waals surface area contributed by atoms with Gasteiger partial charge in [0.2, 0.25) is 0 Å². The van der Waals surface area contributed by atoms with Crippen LogP contribution >= 0.6 is 0 Å². The Morgan fingerprint density at radius 1 is 1.06 bits per heavy atom. The van der Waals surface area contributed by atoms with Gasteiger partial charge in [-0.2, -0.15) is 0 Å². The Labute approximate surface area is 107 Å². The number of hydrogen-bond donors (Lipinski definition) is 2. The molecule has 2 aliphatic rings. The molecular formula is C15H30N2. The molecule has 0 amide bonds. The van der Waals surface area contributed by atoms with Crippen LogP contribution in [0.5, 0.6) is 0 Å². The topological polar surface area (TPSA) is 24.1 Å². The Bertz CT molecular complexity index is 207. The van der Waals surface area contributed by atoms with E-state index in [0.717, 1.165) is 24.0 Å². The fraction of sp³-hybridized carbons (Fsp3) is 1.00. The maximum Gasteiger partial charge on any atom is 0.0113 e. The van der Waals surface area contributed by atoms with E-state index in [2.05, 4.69) is 24.5 Å². The average Bonchev–Trinajstić information content (AvgIpc) is 2.90. The highest BCUT2D eigenvalue weighted by molar-refractivity contribution is 4.92. The minimum Gasteiger partial charge on any atom is -0.314 e. The SMILES string of the molecule is CCC(CC)NC1CCCCC1C1CCCN1. The molecule has 3 unspecified atom stereocenters. The average molecular weight is 238 g/mol. The first-order valence-electron chi connectivity index (χ1n) is 7.84. The van der Waals surface area contributed by atoms with Crippen molar-refractivity contribution in [2.24, 2.45) is 5.92 Å². The lowest BCUT2D eigenvalue weighted by Crippen LogP contribution is -2.50. The second kappa shape index (κ2) is 6.75. The van der Waals surface area contributed by atoms with Crippen molar-refractivity contribution in [2.75, 3.05) is 6.54 Å². The van der Waals surface area contributed by atoms with Crippen molar-refractivity contribution in [2.45, 2.75) is 83.3 Å². The minimum atomic E-state index is 0.738. The lowest BCUT2D eigenvalue weighted by molar-refractivity contribution is 0.197. The first-order chi connectivity index (χ1) is 8.35. The highest BCUT2D eigenvalue weighted by atomic mass is 15.0. The zero-order valence-electron chi connectivity index (χ0n) is 11.7. The summed E-state index contributed by atoms with van der Waals surface area (Å²) in [5.74, 6) is 0.895. The maximum absolute atomic E-state index is 3.94. The van der Waals surface area contributed by atoms with Gasteiger partial charge in [-0.3, -0.25) is 0 Å². The van der Waals surface area contributed by atoms with Crippen LogP contribution in [-0.2, 0) is 0 Å². The summed E-state index contributed by atoms with van der Waals surface area (Å²) in [5.41, 5.74) is 0. The standard InChI is InChI=1S/C15H30N2/c1-3-12(4-2)17-15-9-6-5-8-13(15)14-10-7-11-16-14/h12-17H,3-11H2,1-2H3. The van der Waals surface area contributed by atoms with Crippen LogP contribution in [0, 0.1) is 5.92 Å². The van der Waals surface area contributed by atoms with E-state index >= 15 is 0 Å². The van der Waals surface area contributed by atoms with Crippen molar-refractivity contribution in [3.8, 4) is 0 Å². The zero-order valence-corrected chi connectivity index (χ0v) is 11.7. The second-order valence-corrected chi connectivity index (χ2v) is 5.94. The summed E-state index contributed by atoms with van der Waals surface area (Å²) >= 11 is 0. The molecule has 2 nitrogen and oxygen atoms in total. The first kappa shape index (κ1) is 13.4. The molecule has 17 heavy (non-hydrogen) atoms. The number of nitrogens with one attached hydrogen (secondary N) is 2. The highest BCUT2D eigenvalue weighted by Crippen LogP contribution is 2.31. The van der Waals surface area contributed by atoms with Crippen LogP contribution in [0.3, 0.4) is 0 Å². The summed E-state index contributed by atoms with van der Waals surface area (Å²) in [6.07, 6.45) is 11.1. The molecule has 0 bridgehead atoms. The van der Waals surface area contributed by atoms with Crippen LogP contribution in [-0.4, -0.2) is 24.7 Å². The van der Waals surface area contributed by atoms with E-state index in [9.17, 15) is 0 Å². The lowest BCUT2D eigenvalue weighted by Gasteiger charge is -2.38. The monoisotopic (exact) mass is 238 g/mol. The van der Waals surface area contributed by atoms with Gasteiger partial charge in [-0.15, -0.1) is 0 Å². The molecule has 2 heteroatoms. The van der Waals surface area contributed by atoms with Crippen molar-refractivity contribution in [1.29, 1.82) is 0 Å². The third-order valence-corrected chi connectivity index (χ3v) is 4.87. The highest BCUT2D eigenvalue weighted by Gasteiger charge is 2.33. The summed E-state index contributed by atoms with van der Waals surface area (Å²) in [5, 5.41) is 7.67. The molecule has 1 saturated heterocycles. The van der Waals surface area contributed by atoms with E-state index in [1.165, 1.54) is 57.9 Å². The minimum absolute atomic E-state index is 0.738. The van der Waals surface area contributed by atoms with Gasteiger partial charge in [0, 0.05) is 18.1 Å². The van der Waals surface area contributed by atoms with Gasteiger partial charge in [-0.1, -0.05) is 26.7 Å². The molecule has 3 atom stereocenters. The summed E-state index contributed by atoms with van der Waals surface area (Å²) in [7, 11) is 0. The Kier molecular flexibility index (Phi) is 5.30. The zero-order chi connectivity index (χ0) is 12.1. The lowest BCUT2D eigenvalue weighted by atomic mass is 9.79. The van der Waals surface area contributed by atoms with E-state index in [1.54, 1.807) is 0 Å². The Balaban J connectivity index is 1.91. The molecule has 1 aliphatic carbocycles. The summed E-state index contributed by atoms with van der Waals surface area (Å²) in [6, 6.07) is 2.33. The van der Waals surface area contributed by atoms with Crippen LogP contribution in [0.15, 0.2) is 0 Å². The molecule has 2 N–H and O–H groups in total. The third kappa shape index (κ3) is 3.45. The fourth-order valence-electron chi connectivity index (χ4n) is 3.75. The van der Waals surface area contributed by atoms with Crippen molar-refractivity contribution in [1.82, 2.24) is 10.6 Å². The van der Waals surface area contributed by atoms with Crippen LogP contribution < -0.4 is 10.6 Å². The van der Waals surface area contributed by atoms with Gasteiger partial charge in [0.25, 0.3) is 0 Å². The van der Waals surface area contributed by atoms with Crippen LogP contribution in [0.25, 0.3) is 0 Å². The normalized spacial score (nSPS) is 34.4. The second-order valence-electron chi connectivity index (χ2n) is 5.94. The predicted molar refractivity (Wildman–Crippen MR) is 74.3 cm³/mol. The van der Waals surface area contributed by atoms with Crippen molar-refractivity contribution in [3.05, 3.63) is 0 Å². The van der Waals surface area contributed by atoms with E-state index in [1.807, 2.05) is 0 Å². The summed E-state index contributed by atoms with van der Waals surface area (Å²) < 4.78 is 0. The first-order valence-corrected chi connectivity index (χ1v) is 7.84. The van der Waals surface area contributed by atoms with Crippen molar-refractivity contribution in [3.63, 3.8) is 0 Å². The molecule has 100 valence electrons. The molecular weight excluding hydrogens is 208 g/mol. The Morgan fingerprint density at radius 2 is 1.82 bits per heavy atom. The van der Waals surface area contributed by atoms with Crippen LogP contribution in [0.1, 0.15) is 65.2 Å². The van der Waals surface area contributed by atoms with Gasteiger partial charge in [0.1, 0.15) is 0 Å². The molecule has 0 radical (unpaired) electrons. The Hall–Kier alpha value is -0.0800. The van der Waals surface area contributed by atoms with Crippen LogP contribution in [0.4, 0.5) is 0 Å². The van der Waals surface area contributed by atoms with E-state index in [4.69, 9.17) is 0 Å². The number of hydrogen-bond acceptors (Lipinski definition) is 2. The van der Waals surface area contributed by atoms with Gasteiger partial charge in [0.05, 0.1) is 0 Å². The molecule has 1 aliphatic heterocycles. The van der Waals surface area contributed by atoms with Gasteiger partial charge >= 0.3 is 0 Å². The third-order valence-electron chi connectivity index (χ3n) is 4.87. The molecule has 2 fully saturated rings. The molecule has 0 spiro atoms. The van der Waals surface area contributed by atoms with E-state index in [-0.39, 0.29) is 0 Å². The van der Waals surface area contributed by atoms with E-state index < -0.39 is 0 Å². The molecule has 1 saturated carbocycles. The van der Waals surface area contributed by atoms with Gasteiger partial charge < -0.3 is 10.6 Å². The quantitative estimate of drug-likeness (QED) is 0.769. The fourth-order valence-corrected chi connectivity index (χ4v) is 3.75. The molecule has 0 aromatic rings. The maximum atomic E-state index is 3.94. The molecule has 0 aromatic carbocycles. The van der Waals surface area contributed by atoms with Gasteiger partial charge in [-0.25, -0.2) is 0 Å².